The largest absolute Gasteiger partial charge is 0.308 e. The molecule has 1 heterocycles. The number of hydrogen-bond donors (Lipinski definition) is 3. The fourth-order valence-electron chi connectivity index (χ4n) is 0.806. The van der Waals surface area contributed by atoms with Gasteiger partial charge in [0.2, 0.25) is 0 Å². The second-order valence-electron chi connectivity index (χ2n) is 2.56. The molecule has 0 aliphatic carbocycles. The number of aromatic nitrogens is 1. The molecule has 0 saturated heterocycles. The second kappa shape index (κ2) is 3.89. The van der Waals surface area contributed by atoms with Gasteiger partial charge in [0.1, 0.15) is 11.6 Å². The highest BCUT2D eigenvalue weighted by Crippen LogP contribution is 2.07. The van der Waals surface area contributed by atoms with Crippen LogP contribution in [0.1, 0.15) is 0 Å². The number of nitrogens with two attached hydrogens (primary N) is 1. The van der Waals surface area contributed by atoms with Gasteiger partial charge in [-0.2, -0.15) is 0 Å². The molecule has 0 bridgehead atoms. The highest BCUT2D eigenvalue weighted by molar-refractivity contribution is 5.43. The van der Waals surface area contributed by atoms with Crippen LogP contribution in [0.5, 0.6) is 0 Å². The predicted molar refractivity (Wildman–Crippen MR) is 49.4 cm³/mol. The molecule has 0 aliphatic heterocycles. The van der Waals surface area contributed by atoms with Crippen LogP contribution >= 0.6 is 0 Å². The Hall–Kier alpha value is -1.33. The summed E-state index contributed by atoms with van der Waals surface area (Å²) in [5, 5.41) is 1.81. The number of nitrogen functional groups attached to an aromatic ring is 1. The maximum atomic E-state index is 5.20. The zero-order valence-corrected chi connectivity index (χ0v) is 7.20. The van der Waals surface area contributed by atoms with E-state index in [9.17, 15) is 0 Å². The summed E-state index contributed by atoms with van der Waals surface area (Å²) in [6.07, 6.45) is 0. The van der Waals surface area contributed by atoms with Crippen LogP contribution in [-0.2, 0) is 0 Å². The molecule has 5 nitrogen and oxygen atoms in total. The molecule has 0 atom stereocenters. The van der Waals surface area contributed by atoms with E-state index in [1.165, 1.54) is 0 Å². The first-order valence-electron chi connectivity index (χ1n) is 3.60. The Labute approximate surface area is 71.5 Å². The summed E-state index contributed by atoms with van der Waals surface area (Å²) < 4.78 is 0. The summed E-state index contributed by atoms with van der Waals surface area (Å²) in [5.74, 6) is 6.60. The van der Waals surface area contributed by atoms with Crippen LogP contribution in [0, 0.1) is 0 Å². The Balaban J connectivity index is 2.72. The first-order chi connectivity index (χ1) is 5.72. The van der Waals surface area contributed by atoms with Gasteiger partial charge in [-0.3, -0.25) is 0 Å². The van der Waals surface area contributed by atoms with Crippen molar-refractivity contribution in [2.24, 2.45) is 5.84 Å². The van der Waals surface area contributed by atoms with Gasteiger partial charge in [0.25, 0.3) is 0 Å². The van der Waals surface area contributed by atoms with Crippen LogP contribution < -0.4 is 16.7 Å². The molecule has 5 heteroatoms. The van der Waals surface area contributed by atoms with E-state index in [4.69, 9.17) is 5.84 Å². The lowest BCUT2D eigenvalue weighted by Crippen LogP contribution is -2.20. The molecule has 0 saturated carbocycles. The summed E-state index contributed by atoms with van der Waals surface area (Å²) in [7, 11) is 3.79. The molecule has 1 aromatic rings. The van der Waals surface area contributed by atoms with Gasteiger partial charge >= 0.3 is 0 Å². The lowest BCUT2D eigenvalue weighted by atomic mass is 10.4. The van der Waals surface area contributed by atoms with Crippen LogP contribution in [0.2, 0.25) is 0 Å². The van der Waals surface area contributed by atoms with Crippen molar-refractivity contribution in [3.63, 3.8) is 0 Å². The zero-order valence-electron chi connectivity index (χ0n) is 7.20. The van der Waals surface area contributed by atoms with Gasteiger partial charge in [0.15, 0.2) is 0 Å². The van der Waals surface area contributed by atoms with Crippen LogP contribution in [0.4, 0.5) is 11.6 Å². The van der Waals surface area contributed by atoms with Gasteiger partial charge in [0, 0.05) is 14.1 Å². The van der Waals surface area contributed by atoms with Crippen molar-refractivity contribution < 1.29 is 0 Å². The molecule has 12 heavy (non-hydrogen) atoms. The summed E-state index contributed by atoms with van der Waals surface area (Å²) in [6.45, 7) is 0. The molecule has 0 amide bonds. The second-order valence-corrected chi connectivity index (χ2v) is 2.56. The molecular weight excluding hydrogens is 154 g/mol. The average Bonchev–Trinajstić information content (AvgIpc) is 2.03. The van der Waals surface area contributed by atoms with Crippen molar-refractivity contribution in [2.75, 3.05) is 24.9 Å². The molecule has 0 spiro atoms. The Morgan fingerprint density at radius 2 is 2.00 bits per heavy atom. The van der Waals surface area contributed by atoms with Crippen molar-refractivity contribution in [1.29, 1.82) is 0 Å². The van der Waals surface area contributed by atoms with E-state index in [0.717, 1.165) is 5.82 Å². The molecule has 0 aromatic carbocycles. The quantitative estimate of drug-likeness (QED) is 0.445. The van der Waals surface area contributed by atoms with Gasteiger partial charge in [-0.1, -0.05) is 6.07 Å². The summed E-state index contributed by atoms with van der Waals surface area (Å²) >= 11 is 0. The van der Waals surface area contributed by atoms with Crippen molar-refractivity contribution >= 4 is 11.6 Å². The van der Waals surface area contributed by atoms with Crippen LogP contribution in [0.25, 0.3) is 0 Å². The maximum Gasteiger partial charge on any atom is 0.142 e. The normalized spacial score (nSPS) is 10.0. The first-order valence-corrected chi connectivity index (χ1v) is 3.60. The first kappa shape index (κ1) is 8.76. The SMILES string of the molecule is CN(C)Nc1cccc(NN)n1. The average molecular weight is 167 g/mol. The fourth-order valence-corrected chi connectivity index (χ4v) is 0.806. The third-order valence-corrected chi connectivity index (χ3v) is 1.24. The Morgan fingerprint density at radius 1 is 1.33 bits per heavy atom. The van der Waals surface area contributed by atoms with Crippen LogP contribution in [0.15, 0.2) is 18.2 Å². The Morgan fingerprint density at radius 3 is 2.58 bits per heavy atom. The van der Waals surface area contributed by atoms with Crippen LogP contribution in [0.3, 0.4) is 0 Å². The highest BCUT2D eigenvalue weighted by atomic mass is 15.5. The van der Waals surface area contributed by atoms with Crippen LogP contribution in [-0.4, -0.2) is 24.1 Å². The van der Waals surface area contributed by atoms with Gasteiger partial charge in [-0.05, 0) is 12.1 Å². The fraction of sp³-hybridized carbons (Fsp3) is 0.286. The lowest BCUT2D eigenvalue weighted by molar-refractivity contribution is 0.492. The van der Waals surface area contributed by atoms with E-state index in [1.807, 2.05) is 31.2 Å². The number of pyridine rings is 1. The number of nitrogens with zero attached hydrogens (tertiary/aromatic N) is 2. The summed E-state index contributed by atoms with van der Waals surface area (Å²) in [6, 6.07) is 5.52. The monoisotopic (exact) mass is 167 g/mol. The number of nitrogens with one attached hydrogen (secondary N) is 2. The summed E-state index contributed by atoms with van der Waals surface area (Å²) in [5.41, 5.74) is 5.48. The van der Waals surface area contributed by atoms with E-state index in [0.29, 0.717) is 5.82 Å². The Bertz CT molecular complexity index is 247. The smallest absolute Gasteiger partial charge is 0.142 e. The molecule has 4 N–H and O–H groups in total. The molecule has 1 rings (SSSR count). The van der Waals surface area contributed by atoms with Gasteiger partial charge in [0.05, 0.1) is 0 Å². The minimum Gasteiger partial charge on any atom is -0.308 e. The number of anilines is 2. The van der Waals surface area contributed by atoms with Crippen molar-refractivity contribution in [3.8, 4) is 0 Å². The summed E-state index contributed by atoms with van der Waals surface area (Å²) in [4.78, 5) is 4.14. The van der Waals surface area contributed by atoms with E-state index >= 15 is 0 Å². The Kier molecular flexibility index (Phi) is 2.84. The van der Waals surface area contributed by atoms with Gasteiger partial charge < -0.3 is 10.9 Å². The maximum absolute atomic E-state index is 5.20. The molecular formula is C7H13N5. The molecule has 0 fully saturated rings. The molecule has 66 valence electrons. The standard InChI is InChI=1S/C7H13N5/c1-12(2)11-7-5-3-4-6(9-7)10-8/h3-5H,8H2,1-2H3,(H2,9,10,11). The topological polar surface area (TPSA) is 66.2 Å². The van der Waals surface area contributed by atoms with E-state index < -0.39 is 0 Å². The van der Waals surface area contributed by atoms with E-state index in [-0.39, 0.29) is 0 Å². The number of rotatable bonds is 3. The van der Waals surface area contributed by atoms with E-state index in [2.05, 4.69) is 15.8 Å². The van der Waals surface area contributed by atoms with Crippen molar-refractivity contribution in [2.45, 2.75) is 0 Å². The predicted octanol–water partition coefficient (Wildman–Crippen LogP) is 0.256. The molecule has 0 unspecified atom stereocenters. The zero-order chi connectivity index (χ0) is 8.97. The molecule has 0 radical (unpaired) electrons. The van der Waals surface area contributed by atoms with Gasteiger partial charge in [-0.15, -0.1) is 0 Å². The van der Waals surface area contributed by atoms with E-state index in [1.54, 1.807) is 6.07 Å². The third-order valence-electron chi connectivity index (χ3n) is 1.24. The highest BCUT2D eigenvalue weighted by Gasteiger charge is 1.95. The minimum absolute atomic E-state index is 0.641. The number of hydrogen-bond acceptors (Lipinski definition) is 5. The van der Waals surface area contributed by atoms with Gasteiger partial charge in [-0.25, -0.2) is 15.8 Å². The minimum atomic E-state index is 0.641. The van der Waals surface area contributed by atoms with Crippen molar-refractivity contribution in [1.82, 2.24) is 9.99 Å². The number of hydrazine groups is 2. The third kappa shape index (κ3) is 2.37. The lowest BCUT2D eigenvalue weighted by Gasteiger charge is -2.12. The molecule has 0 aliphatic rings. The molecule has 1 aromatic heterocycles. The van der Waals surface area contributed by atoms with Crippen molar-refractivity contribution in [3.05, 3.63) is 18.2 Å².